The molecule has 2 heterocycles. The first-order valence-electron chi connectivity index (χ1n) is 8.88. The Morgan fingerprint density at radius 3 is 2.76 bits per heavy atom. The van der Waals surface area contributed by atoms with Gasteiger partial charge in [0.25, 0.3) is 6.43 Å². The van der Waals surface area contributed by atoms with Gasteiger partial charge in [-0.3, -0.25) is 14.8 Å². The third-order valence-corrected chi connectivity index (χ3v) is 5.06. The molecule has 1 N–H and O–H groups in total. The zero-order chi connectivity index (χ0) is 20.5. The minimum Gasteiger partial charge on any atom is -0.292 e. The Morgan fingerprint density at radius 1 is 1.28 bits per heavy atom. The Labute approximate surface area is 174 Å². The lowest BCUT2D eigenvalue weighted by atomic mass is 10.2. The predicted molar refractivity (Wildman–Crippen MR) is 103 cm³/mol. The Bertz CT molecular complexity index is 1050. The summed E-state index contributed by atoms with van der Waals surface area (Å²) >= 11 is 12.0. The van der Waals surface area contributed by atoms with Crippen molar-refractivity contribution in [2.45, 2.75) is 38.3 Å². The summed E-state index contributed by atoms with van der Waals surface area (Å²) in [5.41, 5.74) is 0.918. The van der Waals surface area contributed by atoms with Crippen LogP contribution in [0, 0.1) is 0 Å². The number of nitrogens with zero attached hydrogens (tertiary/aromatic N) is 5. The first-order valence-corrected chi connectivity index (χ1v) is 9.64. The molecule has 0 bridgehead atoms. The minimum absolute atomic E-state index is 0.0563. The first-order chi connectivity index (χ1) is 13.9. The smallest absolute Gasteiger partial charge is 0.283 e. The predicted octanol–water partition coefficient (Wildman–Crippen LogP) is 4.28. The fourth-order valence-electron chi connectivity index (χ4n) is 3.03. The number of carbonyl (C=O) groups is 1. The summed E-state index contributed by atoms with van der Waals surface area (Å²) in [5.74, 6) is -0.310. The van der Waals surface area contributed by atoms with Gasteiger partial charge in [-0.25, -0.2) is 18.4 Å². The zero-order valence-electron chi connectivity index (χ0n) is 15.0. The van der Waals surface area contributed by atoms with Crippen LogP contribution in [0.1, 0.15) is 42.1 Å². The molecule has 3 aromatic rings. The van der Waals surface area contributed by atoms with Gasteiger partial charge in [0.05, 0.1) is 17.3 Å². The molecule has 29 heavy (non-hydrogen) atoms. The molecule has 1 amide bonds. The van der Waals surface area contributed by atoms with Crippen LogP contribution in [0.2, 0.25) is 10.0 Å². The summed E-state index contributed by atoms with van der Waals surface area (Å²) in [4.78, 5) is 16.4. The molecule has 1 fully saturated rings. The second-order valence-electron chi connectivity index (χ2n) is 6.76. The second-order valence-corrected chi connectivity index (χ2v) is 7.58. The summed E-state index contributed by atoms with van der Waals surface area (Å²) in [6.45, 7) is 0.183. The van der Waals surface area contributed by atoms with Crippen molar-refractivity contribution in [3.8, 4) is 0 Å². The van der Waals surface area contributed by atoms with Crippen LogP contribution in [-0.4, -0.2) is 30.5 Å². The number of nitrogens with one attached hydrogen (secondary N) is 1. The Hall–Kier alpha value is -2.52. The molecule has 1 aliphatic carbocycles. The zero-order valence-corrected chi connectivity index (χ0v) is 16.5. The number of carbonyl (C=O) groups excluding carboxylic acids is 1. The van der Waals surface area contributed by atoms with E-state index in [1.807, 2.05) is 18.2 Å². The highest BCUT2D eigenvalue weighted by molar-refractivity contribution is 6.32. The number of alkyl halides is 2. The maximum Gasteiger partial charge on any atom is 0.283 e. The molecular formula is C18H16Cl2F2N6O. The number of benzene rings is 1. The monoisotopic (exact) mass is 440 g/mol. The highest BCUT2D eigenvalue weighted by atomic mass is 35.5. The van der Waals surface area contributed by atoms with Gasteiger partial charge >= 0.3 is 0 Å². The molecule has 2 aromatic heterocycles. The van der Waals surface area contributed by atoms with Crippen molar-refractivity contribution in [1.82, 2.24) is 24.5 Å². The fraction of sp³-hybridized carbons (Fsp3) is 0.333. The van der Waals surface area contributed by atoms with E-state index in [9.17, 15) is 13.6 Å². The summed E-state index contributed by atoms with van der Waals surface area (Å²) in [6, 6.07) is 7.31. The van der Waals surface area contributed by atoms with Crippen LogP contribution >= 0.6 is 23.2 Å². The van der Waals surface area contributed by atoms with E-state index in [2.05, 4.69) is 20.5 Å². The Balaban J connectivity index is 1.43. The molecule has 0 saturated heterocycles. The third kappa shape index (κ3) is 4.56. The molecule has 0 aliphatic heterocycles. The van der Waals surface area contributed by atoms with Crippen molar-refractivity contribution in [2.75, 3.05) is 5.32 Å². The van der Waals surface area contributed by atoms with Crippen LogP contribution < -0.4 is 5.32 Å². The lowest BCUT2D eigenvalue weighted by molar-refractivity contribution is -0.117. The number of anilines is 1. The van der Waals surface area contributed by atoms with Crippen LogP contribution in [0.25, 0.3) is 0 Å². The van der Waals surface area contributed by atoms with E-state index in [0.29, 0.717) is 17.3 Å². The number of rotatable bonds is 7. The summed E-state index contributed by atoms with van der Waals surface area (Å²) in [5, 5.41) is 11.1. The number of halogens is 4. The fourth-order valence-corrected chi connectivity index (χ4v) is 3.61. The highest BCUT2D eigenvalue weighted by Gasteiger charge is 2.34. The minimum atomic E-state index is -2.80. The van der Waals surface area contributed by atoms with Crippen molar-refractivity contribution in [3.63, 3.8) is 0 Å². The Kier molecular flexibility index (Phi) is 5.51. The quantitative estimate of drug-likeness (QED) is 0.594. The molecule has 1 aliphatic rings. The number of hydrogen-bond acceptors (Lipinski definition) is 4. The van der Waals surface area contributed by atoms with Gasteiger partial charge in [0, 0.05) is 10.9 Å². The van der Waals surface area contributed by atoms with E-state index in [1.165, 1.54) is 11.0 Å². The van der Waals surface area contributed by atoms with Crippen molar-refractivity contribution in [1.29, 1.82) is 0 Å². The molecule has 4 rings (SSSR count). The van der Waals surface area contributed by atoms with Gasteiger partial charge in [-0.1, -0.05) is 35.3 Å². The van der Waals surface area contributed by atoms with Gasteiger partial charge in [0.2, 0.25) is 11.9 Å². The highest BCUT2D eigenvalue weighted by Crippen LogP contribution is 2.45. The summed E-state index contributed by atoms with van der Waals surface area (Å²) in [7, 11) is 0. The number of amides is 1. The first kappa shape index (κ1) is 19.8. The Morgan fingerprint density at radius 2 is 2.07 bits per heavy atom. The summed E-state index contributed by atoms with van der Waals surface area (Å²) < 4.78 is 29.0. The summed E-state index contributed by atoms with van der Waals surface area (Å²) in [6.07, 6.45) is 0.357. The van der Waals surface area contributed by atoms with E-state index < -0.39 is 18.0 Å². The SMILES string of the molecule is O=C(Cn1nc(C(F)F)c(Cl)c1C1CC1)Nc1ncn(Cc2cccc(Cl)c2)n1. The maximum absolute atomic E-state index is 13.1. The molecule has 152 valence electrons. The topological polar surface area (TPSA) is 77.6 Å². The molecule has 1 saturated carbocycles. The van der Waals surface area contributed by atoms with Crippen molar-refractivity contribution in [3.05, 3.63) is 57.6 Å². The normalized spacial score (nSPS) is 13.8. The van der Waals surface area contributed by atoms with Gasteiger partial charge < -0.3 is 0 Å². The van der Waals surface area contributed by atoms with Crippen LogP contribution in [-0.2, 0) is 17.9 Å². The van der Waals surface area contributed by atoms with Crippen molar-refractivity contribution < 1.29 is 13.6 Å². The molecule has 0 radical (unpaired) electrons. The van der Waals surface area contributed by atoms with E-state index in [1.54, 1.807) is 10.7 Å². The van der Waals surface area contributed by atoms with Crippen LogP contribution in [0.4, 0.5) is 14.7 Å². The molecule has 11 heteroatoms. The van der Waals surface area contributed by atoms with E-state index in [-0.39, 0.29) is 23.4 Å². The van der Waals surface area contributed by atoms with Crippen LogP contribution in [0.3, 0.4) is 0 Å². The van der Waals surface area contributed by atoms with Gasteiger partial charge in [-0.15, -0.1) is 5.10 Å². The number of hydrogen-bond donors (Lipinski definition) is 1. The molecule has 7 nitrogen and oxygen atoms in total. The number of aromatic nitrogens is 5. The molecule has 0 atom stereocenters. The second kappa shape index (κ2) is 8.08. The molecule has 0 spiro atoms. The molecule has 0 unspecified atom stereocenters. The lowest BCUT2D eigenvalue weighted by Gasteiger charge is -2.06. The standard InChI is InChI=1S/C18H16Cl2F2N6O/c19-12-3-1-2-10(6-12)7-27-9-23-18(26-27)24-13(29)8-28-16(11-4-5-11)14(20)15(25-28)17(21)22/h1-3,6,9,11,17H,4-5,7-8H2,(H,24,26,29). The lowest BCUT2D eigenvalue weighted by Crippen LogP contribution is -2.21. The average Bonchev–Trinajstić information content (AvgIpc) is 3.31. The largest absolute Gasteiger partial charge is 0.292 e. The van der Waals surface area contributed by atoms with E-state index in [4.69, 9.17) is 23.2 Å². The van der Waals surface area contributed by atoms with Crippen LogP contribution in [0.5, 0.6) is 0 Å². The van der Waals surface area contributed by atoms with Crippen molar-refractivity contribution >= 4 is 35.1 Å². The van der Waals surface area contributed by atoms with Gasteiger partial charge in [0.1, 0.15) is 18.6 Å². The average molecular weight is 441 g/mol. The van der Waals surface area contributed by atoms with Gasteiger partial charge in [-0.2, -0.15) is 5.10 Å². The van der Waals surface area contributed by atoms with E-state index in [0.717, 1.165) is 18.4 Å². The van der Waals surface area contributed by atoms with Crippen LogP contribution in [0.15, 0.2) is 30.6 Å². The molecular weight excluding hydrogens is 425 g/mol. The van der Waals surface area contributed by atoms with Gasteiger partial charge in [-0.05, 0) is 30.5 Å². The van der Waals surface area contributed by atoms with E-state index >= 15 is 0 Å². The van der Waals surface area contributed by atoms with Gasteiger partial charge in [0.15, 0.2) is 0 Å². The third-order valence-electron chi connectivity index (χ3n) is 4.44. The van der Waals surface area contributed by atoms with Crippen molar-refractivity contribution in [2.24, 2.45) is 0 Å². The molecule has 1 aromatic carbocycles. The maximum atomic E-state index is 13.1.